The van der Waals surface area contributed by atoms with Crippen molar-refractivity contribution in [3.63, 3.8) is 0 Å². The number of carbonyl (C=O) groups excluding carboxylic acids is 1. The first-order valence-electron chi connectivity index (χ1n) is 9.26. The van der Waals surface area contributed by atoms with Crippen molar-refractivity contribution in [2.45, 2.75) is 25.7 Å². The van der Waals surface area contributed by atoms with Gasteiger partial charge in [-0.3, -0.25) is 9.78 Å². The first-order valence-corrected chi connectivity index (χ1v) is 9.26. The Morgan fingerprint density at radius 1 is 1.04 bits per heavy atom. The molecule has 0 atom stereocenters. The summed E-state index contributed by atoms with van der Waals surface area (Å²) in [5, 5.41) is 3.00. The first-order chi connectivity index (χ1) is 12.3. The second kappa shape index (κ2) is 12.7. The number of nitrogens with one attached hydrogen (secondary N) is 1. The zero-order chi connectivity index (χ0) is 17.3. The number of halogens is 2. The second-order valence-corrected chi connectivity index (χ2v) is 6.80. The van der Waals surface area contributed by atoms with E-state index in [2.05, 4.69) is 45.5 Å². The van der Waals surface area contributed by atoms with Crippen LogP contribution in [0.2, 0.25) is 0 Å². The molecule has 1 fully saturated rings. The SMILES string of the molecule is Cl.Cl.O=C(NCCN1CCC(CCc2ccccc2)CC1)c1ccncc1. The van der Waals surface area contributed by atoms with Crippen molar-refractivity contribution in [2.24, 2.45) is 5.92 Å². The molecule has 0 bridgehead atoms. The van der Waals surface area contributed by atoms with E-state index in [0.717, 1.165) is 25.6 Å². The summed E-state index contributed by atoms with van der Waals surface area (Å²) in [6, 6.07) is 14.3. The standard InChI is InChI=1S/C21H27N3O.2ClH/c25-21(20-8-12-22-13-9-20)23-14-17-24-15-10-19(11-16-24)7-6-18-4-2-1-3-5-18;;/h1-5,8-9,12-13,19H,6-7,10-11,14-17H2,(H,23,25);2*1H. The van der Waals surface area contributed by atoms with Gasteiger partial charge in [0, 0.05) is 31.0 Å². The van der Waals surface area contributed by atoms with Crippen molar-refractivity contribution in [3.05, 3.63) is 66.0 Å². The molecule has 148 valence electrons. The highest BCUT2D eigenvalue weighted by molar-refractivity contribution is 5.93. The summed E-state index contributed by atoms with van der Waals surface area (Å²) in [7, 11) is 0. The van der Waals surface area contributed by atoms with Crippen molar-refractivity contribution in [3.8, 4) is 0 Å². The van der Waals surface area contributed by atoms with E-state index in [9.17, 15) is 4.79 Å². The predicted molar refractivity (Wildman–Crippen MR) is 115 cm³/mol. The third-order valence-electron chi connectivity index (χ3n) is 5.05. The van der Waals surface area contributed by atoms with Crippen LogP contribution in [0, 0.1) is 5.92 Å². The number of hydrogen-bond acceptors (Lipinski definition) is 3. The molecule has 1 aromatic carbocycles. The lowest BCUT2D eigenvalue weighted by atomic mass is 9.90. The zero-order valence-corrected chi connectivity index (χ0v) is 17.2. The summed E-state index contributed by atoms with van der Waals surface area (Å²) < 4.78 is 0. The van der Waals surface area contributed by atoms with Crippen LogP contribution in [0.25, 0.3) is 0 Å². The summed E-state index contributed by atoms with van der Waals surface area (Å²) >= 11 is 0. The smallest absolute Gasteiger partial charge is 0.251 e. The van der Waals surface area contributed by atoms with Crippen molar-refractivity contribution in [1.82, 2.24) is 15.2 Å². The van der Waals surface area contributed by atoms with Crippen molar-refractivity contribution >= 4 is 30.7 Å². The summed E-state index contributed by atoms with van der Waals surface area (Å²) in [5.74, 6) is 0.822. The van der Waals surface area contributed by atoms with Crippen LogP contribution in [0.5, 0.6) is 0 Å². The number of rotatable bonds is 7. The quantitative estimate of drug-likeness (QED) is 0.751. The lowest BCUT2D eigenvalue weighted by molar-refractivity contribution is 0.0943. The number of aryl methyl sites for hydroxylation is 1. The van der Waals surface area contributed by atoms with Gasteiger partial charge in [-0.2, -0.15) is 0 Å². The van der Waals surface area contributed by atoms with Gasteiger partial charge in [-0.05, 0) is 62.4 Å². The van der Waals surface area contributed by atoms with E-state index in [0.29, 0.717) is 12.1 Å². The molecular weight excluding hydrogens is 381 g/mol. The number of aromatic nitrogens is 1. The lowest BCUT2D eigenvalue weighted by Crippen LogP contribution is -2.39. The highest BCUT2D eigenvalue weighted by atomic mass is 35.5. The molecule has 1 N–H and O–H groups in total. The number of nitrogens with zero attached hydrogens (tertiary/aromatic N) is 2. The Labute approximate surface area is 174 Å². The maximum Gasteiger partial charge on any atom is 0.251 e. The molecule has 3 rings (SSSR count). The highest BCUT2D eigenvalue weighted by Crippen LogP contribution is 2.22. The maximum absolute atomic E-state index is 12.0. The van der Waals surface area contributed by atoms with Gasteiger partial charge in [0.05, 0.1) is 0 Å². The third-order valence-corrected chi connectivity index (χ3v) is 5.05. The molecule has 1 aliphatic rings. The first kappa shape index (κ1) is 23.4. The second-order valence-electron chi connectivity index (χ2n) is 6.80. The number of pyridine rings is 1. The molecule has 6 heteroatoms. The molecule has 1 aliphatic heterocycles. The van der Waals surface area contributed by atoms with Crippen LogP contribution in [0.1, 0.15) is 35.2 Å². The molecule has 27 heavy (non-hydrogen) atoms. The van der Waals surface area contributed by atoms with Crippen molar-refractivity contribution in [1.29, 1.82) is 0 Å². The summed E-state index contributed by atoms with van der Waals surface area (Å²) in [6.07, 6.45) is 8.31. The third kappa shape index (κ3) is 7.87. The fourth-order valence-electron chi connectivity index (χ4n) is 3.45. The molecule has 0 spiro atoms. The number of benzene rings is 1. The predicted octanol–water partition coefficient (Wildman–Crippen LogP) is 4.00. The van der Waals surface area contributed by atoms with Crippen molar-refractivity contribution < 1.29 is 4.79 Å². The van der Waals surface area contributed by atoms with Crippen LogP contribution in [0.3, 0.4) is 0 Å². The minimum absolute atomic E-state index is 0. The van der Waals surface area contributed by atoms with E-state index in [4.69, 9.17) is 0 Å². The molecule has 0 aliphatic carbocycles. The minimum atomic E-state index is -0.0138. The van der Waals surface area contributed by atoms with E-state index in [1.807, 2.05) is 0 Å². The normalized spacial score (nSPS) is 14.7. The van der Waals surface area contributed by atoms with Gasteiger partial charge < -0.3 is 10.2 Å². The number of carbonyl (C=O) groups is 1. The average molecular weight is 410 g/mol. The van der Waals surface area contributed by atoms with Crippen LogP contribution in [0.4, 0.5) is 0 Å². The number of amides is 1. The molecule has 2 aromatic rings. The molecule has 4 nitrogen and oxygen atoms in total. The molecule has 1 aromatic heterocycles. The van der Waals surface area contributed by atoms with Gasteiger partial charge in [0.2, 0.25) is 0 Å². The summed E-state index contributed by atoms with van der Waals surface area (Å²) in [4.78, 5) is 18.4. The Balaban J connectivity index is 0.00000182. The zero-order valence-electron chi connectivity index (χ0n) is 15.5. The maximum atomic E-state index is 12.0. The minimum Gasteiger partial charge on any atom is -0.351 e. The Morgan fingerprint density at radius 3 is 2.37 bits per heavy atom. The fraction of sp³-hybridized carbons (Fsp3) is 0.429. The fourth-order valence-corrected chi connectivity index (χ4v) is 3.45. The summed E-state index contributed by atoms with van der Waals surface area (Å²) in [5.41, 5.74) is 2.12. The highest BCUT2D eigenvalue weighted by Gasteiger charge is 2.18. The van der Waals surface area contributed by atoms with E-state index in [1.165, 1.54) is 31.2 Å². The largest absolute Gasteiger partial charge is 0.351 e. The van der Waals surface area contributed by atoms with Gasteiger partial charge >= 0.3 is 0 Å². The van der Waals surface area contributed by atoms with Gasteiger partial charge in [0.25, 0.3) is 5.91 Å². The summed E-state index contributed by atoms with van der Waals surface area (Å²) in [6.45, 7) is 3.92. The molecule has 0 unspecified atom stereocenters. The lowest BCUT2D eigenvalue weighted by Gasteiger charge is -2.32. The number of likely N-dealkylation sites (tertiary alicyclic amines) is 1. The molecule has 0 saturated carbocycles. The molecule has 0 radical (unpaired) electrons. The topological polar surface area (TPSA) is 45.2 Å². The van der Waals surface area contributed by atoms with Crippen LogP contribution >= 0.6 is 24.8 Å². The molecule has 2 heterocycles. The molecule has 1 saturated heterocycles. The van der Waals surface area contributed by atoms with E-state index in [-0.39, 0.29) is 30.7 Å². The van der Waals surface area contributed by atoms with Crippen LogP contribution in [0.15, 0.2) is 54.9 Å². The van der Waals surface area contributed by atoms with Crippen LogP contribution in [-0.2, 0) is 6.42 Å². The van der Waals surface area contributed by atoms with E-state index >= 15 is 0 Å². The van der Waals surface area contributed by atoms with E-state index < -0.39 is 0 Å². The Kier molecular flexibility index (Phi) is 11.0. The molecular formula is C21H29Cl2N3O. The average Bonchev–Trinajstić information content (AvgIpc) is 2.69. The van der Waals surface area contributed by atoms with Gasteiger partial charge in [-0.15, -0.1) is 24.8 Å². The molecule has 1 amide bonds. The van der Waals surface area contributed by atoms with E-state index in [1.54, 1.807) is 24.5 Å². The van der Waals surface area contributed by atoms with Crippen LogP contribution in [-0.4, -0.2) is 42.0 Å². The Hall–Kier alpha value is -1.62. The van der Waals surface area contributed by atoms with Gasteiger partial charge in [-0.25, -0.2) is 0 Å². The Morgan fingerprint density at radius 2 is 1.70 bits per heavy atom. The monoisotopic (exact) mass is 409 g/mol. The number of hydrogen-bond donors (Lipinski definition) is 1. The van der Waals surface area contributed by atoms with Crippen molar-refractivity contribution in [2.75, 3.05) is 26.2 Å². The Bertz CT molecular complexity index is 647. The van der Waals surface area contributed by atoms with Gasteiger partial charge in [0.1, 0.15) is 0 Å². The van der Waals surface area contributed by atoms with Crippen LogP contribution < -0.4 is 5.32 Å². The van der Waals surface area contributed by atoms with Gasteiger partial charge in [0.15, 0.2) is 0 Å². The van der Waals surface area contributed by atoms with Gasteiger partial charge in [-0.1, -0.05) is 30.3 Å². The number of piperidine rings is 1.